The number of esters is 1. The molecule has 0 aliphatic heterocycles. The van der Waals surface area contributed by atoms with Gasteiger partial charge in [0.15, 0.2) is 6.61 Å². The van der Waals surface area contributed by atoms with Crippen LogP contribution in [0.25, 0.3) is 0 Å². The summed E-state index contributed by atoms with van der Waals surface area (Å²) >= 11 is 6.10. The fourth-order valence-corrected chi connectivity index (χ4v) is 2.66. The first-order valence-corrected chi connectivity index (χ1v) is 7.93. The zero-order valence-corrected chi connectivity index (χ0v) is 14.8. The van der Waals surface area contributed by atoms with Crippen molar-refractivity contribution >= 4 is 29.2 Å². The molecule has 2 rings (SSSR count). The summed E-state index contributed by atoms with van der Waals surface area (Å²) in [6, 6.07) is 8.89. The highest BCUT2D eigenvalue weighted by atomic mass is 35.5. The van der Waals surface area contributed by atoms with Crippen molar-refractivity contribution in [3.8, 4) is 5.75 Å². The standard InChI is InChI=1S/C18H16ClF2NO4/c1-10-7-11(2)16(13(19)8-10)22-15(23)9-25-17(24)12-5-3-4-6-14(12)26-18(20)21/h3-8,18H,9H2,1-2H3,(H,22,23). The highest BCUT2D eigenvalue weighted by Crippen LogP contribution is 2.27. The average molecular weight is 384 g/mol. The Balaban J connectivity index is 2.01. The molecule has 2 aromatic carbocycles. The van der Waals surface area contributed by atoms with Crippen molar-refractivity contribution in [1.82, 2.24) is 0 Å². The van der Waals surface area contributed by atoms with Gasteiger partial charge in [-0.1, -0.05) is 29.8 Å². The highest BCUT2D eigenvalue weighted by molar-refractivity contribution is 6.34. The number of aryl methyl sites for hydroxylation is 2. The Morgan fingerprint density at radius 1 is 1.19 bits per heavy atom. The topological polar surface area (TPSA) is 64.6 Å². The number of hydrogen-bond donors (Lipinski definition) is 1. The number of para-hydroxylation sites is 1. The van der Waals surface area contributed by atoms with Gasteiger partial charge in [0.05, 0.1) is 10.7 Å². The largest absolute Gasteiger partial charge is 0.452 e. The molecule has 0 saturated carbocycles. The van der Waals surface area contributed by atoms with Crippen molar-refractivity contribution < 1.29 is 27.8 Å². The Labute approximate surface area is 153 Å². The summed E-state index contributed by atoms with van der Waals surface area (Å²) in [5, 5.41) is 2.92. The van der Waals surface area contributed by atoms with E-state index in [-0.39, 0.29) is 11.3 Å². The Morgan fingerprint density at radius 2 is 1.88 bits per heavy atom. The van der Waals surface area contributed by atoms with Gasteiger partial charge in [-0.3, -0.25) is 4.79 Å². The Kier molecular flexibility index (Phi) is 6.52. The van der Waals surface area contributed by atoms with Crippen molar-refractivity contribution in [2.75, 3.05) is 11.9 Å². The van der Waals surface area contributed by atoms with Crippen LogP contribution in [0.2, 0.25) is 5.02 Å². The number of hydrogen-bond acceptors (Lipinski definition) is 4. The predicted molar refractivity (Wildman–Crippen MR) is 92.9 cm³/mol. The average Bonchev–Trinajstić information content (AvgIpc) is 2.56. The molecule has 5 nitrogen and oxygen atoms in total. The summed E-state index contributed by atoms with van der Waals surface area (Å²) < 4.78 is 33.9. The third kappa shape index (κ3) is 5.16. The lowest BCUT2D eigenvalue weighted by atomic mass is 10.1. The summed E-state index contributed by atoms with van der Waals surface area (Å²) in [5.74, 6) is -1.90. The third-order valence-corrected chi connectivity index (χ3v) is 3.65. The minimum Gasteiger partial charge on any atom is -0.452 e. The fourth-order valence-electron chi connectivity index (χ4n) is 2.29. The van der Waals surface area contributed by atoms with Gasteiger partial charge in [-0.05, 0) is 43.2 Å². The van der Waals surface area contributed by atoms with Crippen molar-refractivity contribution in [3.63, 3.8) is 0 Å². The number of carbonyl (C=O) groups excluding carboxylic acids is 2. The molecule has 0 radical (unpaired) electrons. The molecule has 8 heteroatoms. The van der Waals surface area contributed by atoms with Crippen LogP contribution in [-0.2, 0) is 9.53 Å². The second-order valence-corrected chi connectivity index (χ2v) is 5.84. The van der Waals surface area contributed by atoms with Crippen LogP contribution in [0.1, 0.15) is 21.5 Å². The minimum absolute atomic E-state index is 0.204. The summed E-state index contributed by atoms with van der Waals surface area (Å²) in [6.07, 6.45) is 0. The number of ether oxygens (including phenoxy) is 2. The van der Waals surface area contributed by atoms with Gasteiger partial charge in [0.2, 0.25) is 0 Å². The maximum Gasteiger partial charge on any atom is 0.387 e. The number of halogens is 3. The smallest absolute Gasteiger partial charge is 0.387 e. The molecule has 1 amide bonds. The van der Waals surface area contributed by atoms with Gasteiger partial charge in [0, 0.05) is 0 Å². The molecule has 138 valence electrons. The van der Waals surface area contributed by atoms with E-state index in [4.69, 9.17) is 16.3 Å². The van der Waals surface area contributed by atoms with Gasteiger partial charge in [0.25, 0.3) is 5.91 Å². The Morgan fingerprint density at radius 3 is 2.54 bits per heavy atom. The first kappa shape index (κ1) is 19.7. The molecule has 0 saturated heterocycles. The van der Waals surface area contributed by atoms with E-state index in [0.29, 0.717) is 10.7 Å². The van der Waals surface area contributed by atoms with Gasteiger partial charge in [-0.2, -0.15) is 8.78 Å². The molecule has 2 aromatic rings. The van der Waals surface area contributed by atoms with Gasteiger partial charge in [0.1, 0.15) is 11.3 Å². The zero-order chi connectivity index (χ0) is 19.3. The molecule has 0 bridgehead atoms. The molecular formula is C18H16ClF2NO4. The zero-order valence-electron chi connectivity index (χ0n) is 14.0. The summed E-state index contributed by atoms with van der Waals surface area (Å²) in [5.41, 5.74) is 1.91. The third-order valence-electron chi connectivity index (χ3n) is 3.35. The quantitative estimate of drug-likeness (QED) is 0.753. The van der Waals surface area contributed by atoms with E-state index in [1.165, 1.54) is 24.3 Å². The molecular weight excluding hydrogens is 368 g/mol. The lowest BCUT2D eigenvalue weighted by Crippen LogP contribution is -2.22. The van der Waals surface area contributed by atoms with E-state index in [9.17, 15) is 18.4 Å². The first-order chi connectivity index (χ1) is 12.3. The second-order valence-electron chi connectivity index (χ2n) is 5.44. The SMILES string of the molecule is Cc1cc(C)c(NC(=O)COC(=O)c2ccccc2OC(F)F)c(Cl)c1. The van der Waals surface area contributed by atoms with E-state index < -0.39 is 25.1 Å². The van der Waals surface area contributed by atoms with Crippen LogP contribution in [0.4, 0.5) is 14.5 Å². The first-order valence-electron chi connectivity index (χ1n) is 7.55. The second kappa shape index (κ2) is 8.62. The fraction of sp³-hybridized carbons (Fsp3) is 0.222. The van der Waals surface area contributed by atoms with E-state index in [2.05, 4.69) is 10.1 Å². The van der Waals surface area contributed by atoms with E-state index in [1.807, 2.05) is 13.0 Å². The molecule has 0 fully saturated rings. The van der Waals surface area contributed by atoms with Crippen molar-refractivity contribution in [1.29, 1.82) is 0 Å². The van der Waals surface area contributed by atoms with Crippen molar-refractivity contribution in [3.05, 3.63) is 58.1 Å². The van der Waals surface area contributed by atoms with Crippen LogP contribution in [0.5, 0.6) is 5.75 Å². The summed E-state index contributed by atoms with van der Waals surface area (Å²) in [7, 11) is 0. The van der Waals surface area contributed by atoms with Gasteiger partial charge < -0.3 is 14.8 Å². The maximum absolute atomic E-state index is 12.4. The molecule has 0 unspecified atom stereocenters. The van der Waals surface area contributed by atoms with E-state index in [1.54, 1.807) is 13.0 Å². The number of anilines is 1. The number of nitrogens with one attached hydrogen (secondary N) is 1. The predicted octanol–water partition coefficient (Wildman–Crippen LogP) is 4.35. The molecule has 26 heavy (non-hydrogen) atoms. The monoisotopic (exact) mass is 383 g/mol. The van der Waals surface area contributed by atoms with Crippen molar-refractivity contribution in [2.45, 2.75) is 20.5 Å². The molecule has 0 atom stereocenters. The van der Waals surface area contributed by atoms with Crippen molar-refractivity contribution in [2.24, 2.45) is 0 Å². The van der Waals surface area contributed by atoms with Crippen LogP contribution in [0, 0.1) is 13.8 Å². The lowest BCUT2D eigenvalue weighted by molar-refractivity contribution is -0.119. The van der Waals surface area contributed by atoms with Gasteiger partial charge in [-0.25, -0.2) is 4.79 Å². The lowest BCUT2D eigenvalue weighted by Gasteiger charge is -2.12. The molecule has 0 spiro atoms. The molecule has 1 N–H and O–H groups in total. The van der Waals surface area contributed by atoms with E-state index in [0.717, 1.165) is 11.1 Å². The van der Waals surface area contributed by atoms with Crippen LogP contribution in [0.3, 0.4) is 0 Å². The van der Waals surface area contributed by atoms with Crippen LogP contribution < -0.4 is 10.1 Å². The van der Waals surface area contributed by atoms with Gasteiger partial charge >= 0.3 is 12.6 Å². The summed E-state index contributed by atoms with van der Waals surface area (Å²) in [6.45, 7) is -0.0475. The van der Waals surface area contributed by atoms with Crippen LogP contribution in [-0.4, -0.2) is 25.1 Å². The Bertz CT molecular complexity index is 804. The van der Waals surface area contributed by atoms with Crippen LogP contribution >= 0.6 is 11.6 Å². The number of alkyl halides is 2. The Hall–Kier alpha value is -2.67. The molecule has 0 aliphatic carbocycles. The number of benzene rings is 2. The van der Waals surface area contributed by atoms with Crippen LogP contribution in [0.15, 0.2) is 36.4 Å². The maximum atomic E-state index is 12.4. The highest BCUT2D eigenvalue weighted by Gasteiger charge is 2.18. The molecule has 0 aliphatic rings. The molecule has 0 aromatic heterocycles. The number of rotatable bonds is 6. The summed E-state index contributed by atoms with van der Waals surface area (Å²) in [4.78, 5) is 24.0. The minimum atomic E-state index is -3.08. The number of carbonyl (C=O) groups is 2. The van der Waals surface area contributed by atoms with E-state index >= 15 is 0 Å². The number of amides is 1. The normalized spacial score (nSPS) is 10.5. The van der Waals surface area contributed by atoms with Gasteiger partial charge in [-0.15, -0.1) is 0 Å². The molecule has 0 heterocycles.